The zero-order chi connectivity index (χ0) is 13.1. The Morgan fingerprint density at radius 3 is 2.79 bits per heavy atom. The van der Waals surface area contributed by atoms with Gasteiger partial charge in [0, 0.05) is 19.1 Å². The van der Waals surface area contributed by atoms with Gasteiger partial charge in [-0.15, -0.1) is 12.4 Å². The number of likely N-dealkylation sites (N-methyl/N-ethyl adjacent to an activating group) is 1. The normalized spacial score (nSPS) is 20.1. The molecule has 1 fully saturated rings. The molecule has 2 rings (SSSR count). The average Bonchev–Trinajstić information content (AvgIpc) is 2.40. The van der Waals surface area contributed by atoms with E-state index in [4.69, 9.17) is 23.2 Å². The summed E-state index contributed by atoms with van der Waals surface area (Å²) in [6, 6.07) is 3.61. The second-order valence-electron chi connectivity index (χ2n) is 4.70. The van der Waals surface area contributed by atoms with E-state index in [1.165, 1.54) is 12.5 Å². The first-order valence-electron chi connectivity index (χ1n) is 6.14. The fourth-order valence-electron chi connectivity index (χ4n) is 2.36. The van der Waals surface area contributed by atoms with E-state index in [0.29, 0.717) is 11.1 Å². The maximum Gasteiger partial charge on any atom is 0.143 e. The van der Waals surface area contributed by atoms with E-state index in [9.17, 15) is 4.39 Å². The van der Waals surface area contributed by atoms with Crippen molar-refractivity contribution in [2.45, 2.75) is 25.4 Å². The number of piperidine rings is 1. The van der Waals surface area contributed by atoms with Crippen LogP contribution in [0, 0.1) is 5.82 Å². The van der Waals surface area contributed by atoms with Crippen molar-refractivity contribution in [2.24, 2.45) is 0 Å². The van der Waals surface area contributed by atoms with Gasteiger partial charge in [-0.3, -0.25) is 4.90 Å². The molecule has 1 heterocycles. The lowest BCUT2D eigenvalue weighted by Gasteiger charge is -2.32. The summed E-state index contributed by atoms with van der Waals surface area (Å²) in [6.45, 7) is 2.75. The van der Waals surface area contributed by atoms with E-state index in [-0.39, 0.29) is 17.4 Å². The van der Waals surface area contributed by atoms with Gasteiger partial charge in [-0.05, 0) is 38.1 Å². The molecule has 1 aliphatic rings. The molecule has 0 bridgehead atoms. The van der Waals surface area contributed by atoms with Crippen molar-refractivity contribution in [1.29, 1.82) is 0 Å². The van der Waals surface area contributed by atoms with Gasteiger partial charge in [-0.2, -0.15) is 0 Å². The highest BCUT2D eigenvalue weighted by Crippen LogP contribution is 2.29. The first-order chi connectivity index (χ1) is 8.61. The van der Waals surface area contributed by atoms with E-state index in [1.807, 2.05) is 7.05 Å². The fourth-order valence-corrected chi connectivity index (χ4v) is 2.76. The van der Waals surface area contributed by atoms with Gasteiger partial charge in [-0.25, -0.2) is 4.39 Å². The predicted molar refractivity (Wildman–Crippen MR) is 81.0 cm³/mol. The Bertz CT molecular complexity index is 429. The van der Waals surface area contributed by atoms with Crippen LogP contribution in [0.4, 0.5) is 4.39 Å². The molecule has 0 spiro atoms. The van der Waals surface area contributed by atoms with E-state index >= 15 is 0 Å². The molecule has 1 N–H and O–H groups in total. The summed E-state index contributed by atoms with van der Waals surface area (Å²) in [6.07, 6.45) is 2.36. The summed E-state index contributed by atoms with van der Waals surface area (Å²) in [4.78, 5) is 2.32. The zero-order valence-electron chi connectivity index (χ0n) is 10.8. The zero-order valence-corrected chi connectivity index (χ0v) is 13.1. The molecule has 0 aromatic heterocycles. The van der Waals surface area contributed by atoms with Crippen LogP contribution in [0.25, 0.3) is 0 Å². The number of rotatable bonds is 3. The van der Waals surface area contributed by atoms with Crippen molar-refractivity contribution in [2.75, 3.05) is 20.1 Å². The van der Waals surface area contributed by atoms with Crippen LogP contribution in [-0.2, 0) is 6.54 Å². The SMILES string of the molecule is CNC1CCCN(Cc2ccc(F)c(Cl)c2Cl)C1.Cl. The summed E-state index contributed by atoms with van der Waals surface area (Å²) in [5, 5.41) is 3.65. The molecule has 1 aromatic carbocycles. The largest absolute Gasteiger partial charge is 0.316 e. The van der Waals surface area contributed by atoms with Crippen molar-refractivity contribution >= 4 is 35.6 Å². The summed E-state index contributed by atoms with van der Waals surface area (Å²) in [5.74, 6) is -0.461. The molecule has 1 aromatic rings. The van der Waals surface area contributed by atoms with Gasteiger partial charge < -0.3 is 5.32 Å². The molecule has 108 valence electrons. The Kier molecular flexibility index (Phi) is 6.84. The molecule has 0 aliphatic carbocycles. The number of benzene rings is 1. The first-order valence-corrected chi connectivity index (χ1v) is 6.89. The third kappa shape index (κ3) is 4.20. The lowest BCUT2D eigenvalue weighted by Crippen LogP contribution is -2.43. The molecular weight excluding hydrogens is 310 g/mol. The van der Waals surface area contributed by atoms with Gasteiger partial charge in [0.05, 0.1) is 10.0 Å². The van der Waals surface area contributed by atoms with Crippen LogP contribution in [0.1, 0.15) is 18.4 Å². The second kappa shape index (κ2) is 7.65. The summed E-state index contributed by atoms with van der Waals surface area (Å²) < 4.78 is 13.2. The molecule has 0 saturated carbocycles. The Hall–Kier alpha value is -0.0600. The van der Waals surface area contributed by atoms with Gasteiger partial charge in [-0.1, -0.05) is 29.3 Å². The van der Waals surface area contributed by atoms with Crippen LogP contribution in [0.3, 0.4) is 0 Å². The van der Waals surface area contributed by atoms with Gasteiger partial charge >= 0.3 is 0 Å². The van der Waals surface area contributed by atoms with E-state index in [1.54, 1.807) is 6.07 Å². The molecule has 2 nitrogen and oxygen atoms in total. The van der Waals surface area contributed by atoms with Crippen LogP contribution in [0.2, 0.25) is 10.0 Å². The smallest absolute Gasteiger partial charge is 0.143 e. The molecule has 1 saturated heterocycles. The Morgan fingerprint density at radius 2 is 2.11 bits per heavy atom. The number of nitrogens with zero attached hydrogens (tertiary/aromatic N) is 1. The molecule has 1 aliphatic heterocycles. The summed E-state index contributed by atoms with van der Waals surface area (Å²) >= 11 is 11.9. The van der Waals surface area contributed by atoms with Crippen LogP contribution in [0.15, 0.2) is 12.1 Å². The standard InChI is InChI=1S/C13H17Cl2FN2.ClH/c1-17-10-3-2-6-18(8-10)7-9-4-5-11(16)13(15)12(9)14;/h4-5,10,17H,2-3,6-8H2,1H3;1H. The van der Waals surface area contributed by atoms with Crippen LogP contribution in [-0.4, -0.2) is 31.1 Å². The van der Waals surface area contributed by atoms with Gasteiger partial charge in [0.1, 0.15) is 5.82 Å². The number of nitrogens with one attached hydrogen (secondary N) is 1. The molecule has 0 radical (unpaired) electrons. The molecule has 19 heavy (non-hydrogen) atoms. The monoisotopic (exact) mass is 326 g/mol. The van der Waals surface area contributed by atoms with Gasteiger partial charge in [0.15, 0.2) is 0 Å². The van der Waals surface area contributed by atoms with Crippen LogP contribution >= 0.6 is 35.6 Å². The van der Waals surface area contributed by atoms with E-state index < -0.39 is 5.82 Å². The molecular formula is C13H18Cl3FN2. The summed E-state index contributed by atoms with van der Waals surface area (Å²) in [5.41, 5.74) is 0.889. The van der Waals surface area contributed by atoms with E-state index in [2.05, 4.69) is 10.2 Å². The fraction of sp³-hybridized carbons (Fsp3) is 0.538. The van der Waals surface area contributed by atoms with Crippen LogP contribution < -0.4 is 5.32 Å². The third-order valence-electron chi connectivity index (χ3n) is 3.42. The minimum Gasteiger partial charge on any atom is -0.316 e. The summed E-state index contributed by atoms with van der Waals surface area (Å²) in [7, 11) is 1.98. The number of halogens is 4. The van der Waals surface area contributed by atoms with Crippen molar-refractivity contribution in [3.63, 3.8) is 0 Å². The highest BCUT2D eigenvalue weighted by molar-refractivity contribution is 6.42. The minimum atomic E-state index is -0.461. The Balaban J connectivity index is 0.00000180. The average molecular weight is 328 g/mol. The lowest BCUT2D eigenvalue weighted by atomic mass is 10.0. The van der Waals surface area contributed by atoms with Gasteiger partial charge in [0.2, 0.25) is 0 Å². The second-order valence-corrected chi connectivity index (χ2v) is 5.45. The minimum absolute atomic E-state index is 0. The maximum absolute atomic E-state index is 13.2. The van der Waals surface area contributed by atoms with Crippen molar-refractivity contribution < 1.29 is 4.39 Å². The van der Waals surface area contributed by atoms with Crippen molar-refractivity contribution in [3.8, 4) is 0 Å². The van der Waals surface area contributed by atoms with Gasteiger partial charge in [0.25, 0.3) is 0 Å². The van der Waals surface area contributed by atoms with E-state index in [0.717, 1.165) is 31.6 Å². The van der Waals surface area contributed by atoms with Crippen molar-refractivity contribution in [1.82, 2.24) is 10.2 Å². The number of hydrogen-bond donors (Lipinski definition) is 1. The molecule has 6 heteroatoms. The topological polar surface area (TPSA) is 15.3 Å². The lowest BCUT2D eigenvalue weighted by molar-refractivity contribution is 0.188. The quantitative estimate of drug-likeness (QED) is 0.851. The number of likely N-dealkylation sites (tertiary alicyclic amines) is 1. The first kappa shape index (κ1) is 17.0. The molecule has 0 amide bonds. The highest BCUT2D eigenvalue weighted by atomic mass is 35.5. The Labute approximate surface area is 129 Å². The van der Waals surface area contributed by atoms with Crippen LogP contribution in [0.5, 0.6) is 0 Å². The molecule has 1 unspecified atom stereocenters. The Morgan fingerprint density at radius 1 is 1.37 bits per heavy atom. The van der Waals surface area contributed by atoms with Crippen molar-refractivity contribution in [3.05, 3.63) is 33.6 Å². The predicted octanol–water partition coefficient (Wildman–Crippen LogP) is 3.74. The molecule has 1 atom stereocenters. The highest BCUT2D eigenvalue weighted by Gasteiger charge is 2.20. The maximum atomic E-state index is 13.2. The third-order valence-corrected chi connectivity index (χ3v) is 4.32. The number of hydrogen-bond acceptors (Lipinski definition) is 2.